The summed E-state index contributed by atoms with van der Waals surface area (Å²) in [6.07, 6.45) is 4.93. The van der Waals surface area contributed by atoms with E-state index in [4.69, 9.17) is 9.15 Å². The third-order valence-electron chi connectivity index (χ3n) is 4.72. The monoisotopic (exact) mass is 327 g/mol. The molecule has 2 heterocycles. The summed E-state index contributed by atoms with van der Waals surface area (Å²) in [5.74, 6) is -0.472. The third-order valence-corrected chi connectivity index (χ3v) is 4.72. The summed E-state index contributed by atoms with van der Waals surface area (Å²) >= 11 is 0. The first-order valence-electron chi connectivity index (χ1n) is 8.01. The van der Waals surface area contributed by atoms with Crippen molar-refractivity contribution >= 4 is 17.6 Å². The Morgan fingerprint density at radius 1 is 1.00 bits per heavy atom. The van der Waals surface area contributed by atoms with Crippen LogP contribution < -0.4 is 5.32 Å². The first-order valence-corrected chi connectivity index (χ1v) is 8.01. The Bertz CT molecular complexity index is 836. The number of anilines is 1. The van der Waals surface area contributed by atoms with Gasteiger partial charge < -0.3 is 19.6 Å². The van der Waals surface area contributed by atoms with Gasteiger partial charge in [-0.2, -0.15) is 0 Å². The second-order valence-electron chi connectivity index (χ2n) is 6.13. The van der Waals surface area contributed by atoms with Crippen molar-refractivity contribution in [1.82, 2.24) is 0 Å². The number of carbonyl (C=O) groups excluding carboxylic acids is 1. The fraction of sp³-hybridized carbons (Fsp3) is 0.333. The molecule has 2 N–H and O–H groups in total. The molecule has 24 heavy (non-hydrogen) atoms. The number of fused-ring (bicyclic) bond motifs is 2. The molecule has 2 aliphatic rings. The number of amides is 1. The number of carboxylic acid groups (broad SMARTS) is 1. The molecular weight excluding hydrogens is 310 g/mol. The molecule has 1 aromatic carbocycles. The minimum absolute atomic E-state index is 0.249. The fourth-order valence-electron chi connectivity index (χ4n) is 3.51. The summed E-state index contributed by atoms with van der Waals surface area (Å²) in [7, 11) is 0. The molecule has 0 fully saturated rings. The van der Waals surface area contributed by atoms with Gasteiger partial charge in [-0.15, -0.1) is 0 Å². The Labute approximate surface area is 138 Å². The highest BCUT2D eigenvalue weighted by Crippen LogP contribution is 2.32. The standard InChI is InChI=1S/C18H17NO5/c20-17(14-8-24-16-9-23-7-13(14)16)19-15-6-5-12(18(21)22)10-3-1-2-4-11(10)15/h5-6,8H,1-4,7,9H2,(H,19,20)(H,21,22). The summed E-state index contributed by atoms with van der Waals surface area (Å²) in [5, 5.41) is 12.3. The number of carbonyl (C=O) groups is 2. The molecule has 0 unspecified atom stereocenters. The zero-order valence-electron chi connectivity index (χ0n) is 13.1. The van der Waals surface area contributed by atoms with Crippen molar-refractivity contribution in [2.24, 2.45) is 0 Å². The van der Waals surface area contributed by atoms with Crippen LogP contribution in [0.2, 0.25) is 0 Å². The normalized spacial score (nSPS) is 15.7. The predicted molar refractivity (Wildman–Crippen MR) is 85.2 cm³/mol. The summed E-state index contributed by atoms with van der Waals surface area (Å²) in [5.41, 5.74) is 4.07. The Morgan fingerprint density at radius 2 is 1.79 bits per heavy atom. The van der Waals surface area contributed by atoms with Crippen LogP contribution in [-0.4, -0.2) is 17.0 Å². The summed E-state index contributed by atoms with van der Waals surface area (Å²) < 4.78 is 10.7. The lowest BCUT2D eigenvalue weighted by Crippen LogP contribution is -2.18. The van der Waals surface area contributed by atoms with Crippen molar-refractivity contribution < 1.29 is 23.8 Å². The number of nitrogens with one attached hydrogen (secondary N) is 1. The van der Waals surface area contributed by atoms with Gasteiger partial charge in [0.25, 0.3) is 5.91 Å². The highest BCUT2D eigenvalue weighted by molar-refractivity contribution is 6.06. The summed E-state index contributed by atoms with van der Waals surface area (Å²) in [4.78, 5) is 24.0. The molecule has 1 aromatic heterocycles. The average molecular weight is 327 g/mol. The number of aromatic carboxylic acids is 1. The van der Waals surface area contributed by atoms with Crippen molar-refractivity contribution in [1.29, 1.82) is 0 Å². The quantitative estimate of drug-likeness (QED) is 0.904. The molecule has 0 atom stereocenters. The lowest BCUT2D eigenvalue weighted by Gasteiger charge is -2.21. The van der Waals surface area contributed by atoms with E-state index in [2.05, 4.69) is 5.32 Å². The maximum atomic E-state index is 12.6. The number of carboxylic acids is 1. The van der Waals surface area contributed by atoms with Crippen LogP contribution in [0.15, 0.2) is 22.8 Å². The van der Waals surface area contributed by atoms with Crippen LogP contribution in [0, 0.1) is 0 Å². The first kappa shape index (κ1) is 15.0. The number of rotatable bonds is 3. The Kier molecular flexibility index (Phi) is 3.61. The Morgan fingerprint density at radius 3 is 2.58 bits per heavy atom. The molecule has 2 aromatic rings. The molecule has 6 heteroatoms. The van der Waals surface area contributed by atoms with Crippen molar-refractivity contribution in [2.75, 3.05) is 5.32 Å². The molecule has 0 saturated carbocycles. The van der Waals surface area contributed by atoms with E-state index >= 15 is 0 Å². The number of hydrogen-bond donors (Lipinski definition) is 2. The van der Waals surface area contributed by atoms with E-state index in [-0.39, 0.29) is 5.91 Å². The highest BCUT2D eigenvalue weighted by atomic mass is 16.5. The lowest BCUT2D eigenvalue weighted by atomic mass is 9.87. The maximum Gasteiger partial charge on any atom is 0.335 e. The van der Waals surface area contributed by atoms with Gasteiger partial charge in [0, 0.05) is 11.3 Å². The molecular formula is C18H17NO5. The summed E-state index contributed by atoms with van der Waals surface area (Å²) in [6.45, 7) is 0.774. The molecule has 4 rings (SSSR count). The van der Waals surface area contributed by atoms with Crippen molar-refractivity contribution in [3.63, 3.8) is 0 Å². The van der Waals surface area contributed by atoms with Gasteiger partial charge in [-0.05, 0) is 48.9 Å². The van der Waals surface area contributed by atoms with E-state index < -0.39 is 5.97 Å². The molecule has 0 spiro atoms. The Balaban J connectivity index is 1.67. The average Bonchev–Trinajstić information content (AvgIpc) is 3.18. The number of ether oxygens (including phenoxy) is 1. The molecule has 1 aliphatic carbocycles. The van der Waals surface area contributed by atoms with E-state index in [1.165, 1.54) is 6.26 Å². The SMILES string of the molecule is O=C(Nc1ccc(C(=O)O)c2c1CCCC2)c1coc2c1COC2. The number of hydrogen-bond acceptors (Lipinski definition) is 4. The van der Waals surface area contributed by atoms with Gasteiger partial charge in [-0.25, -0.2) is 4.79 Å². The van der Waals surface area contributed by atoms with Crippen LogP contribution in [0.3, 0.4) is 0 Å². The van der Waals surface area contributed by atoms with Gasteiger partial charge >= 0.3 is 5.97 Å². The third kappa shape index (κ3) is 2.39. The molecule has 6 nitrogen and oxygen atoms in total. The minimum atomic E-state index is -0.921. The Hall–Kier alpha value is -2.60. The number of furan rings is 1. The topological polar surface area (TPSA) is 88.8 Å². The van der Waals surface area contributed by atoms with Gasteiger partial charge in [0.15, 0.2) is 0 Å². The van der Waals surface area contributed by atoms with Gasteiger partial charge in [0.2, 0.25) is 0 Å². The van der Waals surface area contributed by atoms with E-state index in [9.17, 15) is 14.7 Å². The zero-order chi connectivity index (χ0) is 16.7. The van der Waals surface area contributed by atoms with Gasteiger partial charge in [0.05, 0.1) is 17.7 Å². The van der Waals surface area contributed by atoms with Crippen molar-refractivity contribution in [2.45, 2.75) is 38.9 Å². The maximum absolute atomic E-state index is 12.6. The second-order valence-corrected chi connectivity index (χ2v) is 6.13. The van der Waals surface area contributed by atoms with Crippen LogP contribution >= 0.6 is 0 Å². The smallest absolute Gasteiger partial charge is 0.335 e. The van der Waals surface area contributed by atoms with E-state index in [0.717, 1.165) is 42.4 Å². The fourth-order valence-corrected chi connectivity index (χ4v) is 3.51. The summed E-state index contributed by atoms with van der Waals surface area (Å²) in [6, 6.07) is 3.26. The van der Waals surface area contributed by atoms with Gasteiger partial charge in [-0.1, -0.05) is 0 Å². The molecule has 1 aliphatic heterocycles. The van der Waals surface area contributed by atoms with Gasteiger partial charge in [-0.3, -0.25) is 4.79 Å². The van der Waals surface area contributed by atoms with Crippen LogP contribution in [0.4, 0.5) is 5.69 Å². The van der Waals surface area contributed by atoms with Crippen LogP contribution in [0.1, 0.15) is 56.0 Å². The predicted octanol–water partition coefficient (Wildman–Crippen LogP) is 3.14. The highest BCUT2D eigenvalue weighted by Gasteiger charge is 2.26. The lowest BCUT2D eigenvalue weighted by molar-refractivity contribution is 0.0695. The van der Waals surface area contributed by atoms with Crippen LogP contribution in [0.5, 0.6) is 0 Å². The van der Waals surface area contributed by atoms with Gasteiger partial charge in [0.1, 0.15) is 18.6 Å². The minimum Gasteiger partial charge on any atom is -0.478 e. The van der Waals surface area contributed by atoms with Crippen molar-refractivity contribution in [3.05, 3.63) is 52.0 Å². The molecule has 0 bridgehead atoms. The number of benzene rings is 1. The van der Waals surface area contributed by atoms with E-state index in [0.29, 0.717) is 35.8 Å². The molecule has 124 valence electrons. The molecule has 0 radical (unpaired) electrons. The first-order chi connectivity index (χ1) is 11.6. The zero-order valence-corrected chi connectivity index (χ0v) is 13.1. The molecule has 1 amide bonds. The molecule has 0 saturated heterocycles. The van der Waals surface area contributed by atoms with E-state index in [1.807, 2.05) is 0 Å². The largest absolute Gasteiger partial charge is 0.478 e. The van der Waals surface area contributed by atoms with Crippen molar-refractivity contribution in [3.8, 4) is 0 Å². The van der Waals surface area contributed by atoms with Crippen LogP contribution in [-0.2, 0) is 30.8 Å². The van der Waals surface area contributed by atoms with Crippen LogP contribution in [0.25, 0.3) is 0 Å². The second kappa shape index (κ2) is 5.79. The van der Waals surface area contributed by atoms with E-state index in [1.54, 1.807) is 12.1 Å².